The van der Waals surface area contributed by atoms with Crippen molar-refractivity contribution in [1.29, 1.82) is 0 Å². The number of aromatic nitrogens is 3. The Morgan fingerprint density at radius 3 is 2.69 bits per heavy atom. The van der Waals surface area contributed by atoms with Gasteiger partial charge in [-0.25, -0.2) is 8.42 Å². The minimum Gasteiger partial charge on any atom is -0.312 e. The Balaban J connectivity index is 1.47. The first-order valence-electron chi connectivity index (χ1n) is 8.34. The molecule has 2 aromatic rings. The molecule has 0 unspecified atom stereocenters. The van der Waals surface area contributed by atoms with Crippen molar-refractivity contribution in [2.24, 2.45) is 0 Å². The molecule has 12 heteroatoms. The minimum atomic E-state index is -3.69. The number of sulfonamides is 1. The number of hydrogen-bond donors (Lipinski definition) is 1. The number of nitrogens with one attached hydrogen (secondary N) is 1. The van der Waals surface area contributed by atoms with Crippen LogP contribution in [-0.2, 0) is 23.1 Å². The van der Waals surface area contributed by atoms with E-state index in [-0.39, 0.29) is 15.1 Å². The molecule has 1 fully saturated rings. The number of nitro groups is 1. The number of fused-ring (bicyclic) bond motifs is 1. The van der Waals surface area contributed by atoms with Gasteiger partial charge in [0.2, 0.25) is 0 Å². The standard InChI is InChI=1S/C14H18N6O4S2/c21-20(22)12-1-2-13(25-12)26(23,24)18-6-3-10(4-7-18)14-17-16-11-9-15-5-8-19(11)14/h1-2,10,15H,3-9H2. The maximum absolute atomic E-state index is 12.7. The van der Waals surface area contributed by atoms with Crippen molar-refractivity contribution >= 4 is 26.4 Å². The van der Waals surface area contributed by atoms with Gasteiger partial charge in [-0.05, 0) is 30.2 Å². The average Bonchev–Trinajstić information content (AvgIpc) is 3.30. The highest BCUT2D eigenvalue weighted by molar-refractivity contribution is 7.91. The molecule has 1 saturated heterocycles. The Labute approximate surface area is 154 Å². The molecule has 0 saturated carbocycles. The van der Waals surface area contributed by atoms with Crippen LogP contribution in [0.25, 0.3) is 0 Å². The van der Waals surface area contributed by atoms with E-state index >= 15 is 0 Å². The lowest BCUT2D eigenvalue weighted by atomic mass is 9.97. The number of piperidine rings is 1. The van der Waals surface area contributed by atoms with Gasteiger partial charge in [0.15, 0.2) is 0 Å². The van der Waals surface area contributed by atoms with E-state index in [1.807, 2.05) is 0 Å². The molecule has 1 N–H and O–H groups in total. The smallest absolute Gasteiger partial charge is 0.312 e. The molecule has 10 nitrogen and oxygen atoms in total. The maximum Gasteiger partial charge on any atom is 0.325 e. The molecule has 0 radical (unpaired) electrons. The second-order valence-corrected chi connectivity index (χ2v) is 9.56. The third-order valence-corrected chi connectivity index (χ3v) is 8.21. The summed E-state index contributed by atoms with van der Waals surface area (Å²) in [4.78, 5) is 10.2. The Hall–Kier alpha value is -1.89. The van der Waals surface area contributed by atoms with Crippen LogP contribution in [0.2, 0.25) is 0 Å². The van der Waals surface area contributed by atoms with Crippen LogP contribution in [-0.4, -0.2) is 52.0 Å². The molecule has 140 valence electrons. The Kier molecular flexibility index (Phi) is 4.50. The van der Waals surface area contributed by atoms with Gasteiger partial charge in [0.05, 0.1) is 11.5 Å². The Morgan fingerprint density at radius 2 is 2.00 bits per heavy atom. The van der Waals surface area contributed by atoms with Gasteiger partial charge in [0.1, 0.15) is 15.9 Å². The van der Waals surface area contributed by atoms with Crippen LogP contribution in [0.1, 0.15) is 30.4 Å². The van der Waals surface area contributed by atoms with Crippen molar-refractivity contribution in [3.63, 3.8) is 0 Å². The second kappa shape index (κ2) is 6.68. The maximum atomic E-state index is 12.7. The summed E-state index contributed by atoms with van der Waals surface area (Å²) in [6, 6.07) is 2.55. The zero-order chi connectivity index (χ0) is 18.3. The van der Waals surface area contributed by atoms with E-state index in [0.717, 1.165) is 24.7 Å². The summed E-state index contributed by atoms with van der Waals surface area (Å²) >= 11 is 0.697. The summed E-state index contributed by atoms with van der Waals surface area (Å²) in [5.41, 5.74) is 0. The topological polar surface area (TPSA) is 123 Å². The van der Waals surface area contributed by atoms with Crippen LogP contribution in [0.4, 0.5) is 5.00 Å². The van der Waals surface area contributed by atoms with Gasteiger partial charge >= 0.3 is 5.00 Å². The predicted molar refractivity (Wildman–Crippen MR) is 93.4 cm³/mol. The van der Waals surface area contributed by atoms with Crippen LogP contribution >= 0.6 is 11.3 Å². The van der Waals surface area contributed by atoms with Gasteiger partial charge in [0, 0.05) is 38.2 Å². The SMILES string of the molecule is O=[N+]([O-])c1ccc(S(=O)(=O)N2CCC(c3nnc4n3CCNC4)CC2)s1. The summed E-state index contributed by atoms with van der Waals surface area (Å²) in [6.45, 7) is 3.16. The first-order valence-corrected chi connectivity index (χ1v) is 10.6. The fourth-order valence-electron chi connectivity index (χ4n) is 3.45. The zero-order valence-electron chi connectivity index (χ0n) is 13.9. The molecule has 0 atom stereocenters. The molecule has 26 heavy (non-hydrogen) atoms. The van der Waals surface area contributed by atoms with Crippen LogP contribution in [0.3, 0.4) is 0 Å². The number of nitrogens with zero attached hydrogens (tertiary/aromatic N) is 5. The Morgan fingerprint density at radius 1 is 1.23 bits per heavy atom. The van der Waals surface area contributed by atoms with Gasteiger partial charge in [-0.1, -0.05) is 0 Å². The van der Waals surface area contributed by atoms with Gasteiger partial charge in [-0.3, -0.25) is 10.1 Å². The molecule has 0 aromatic carbocycles. The summed E-state index contributed by atoms with van der Waals surface area (Å²) in [7, 11) is -3.69. The Bertz CT molecular complexity index is 929. The molecule has 0 aliphatic carbocycles. The van der Waals surface area contributed by atoms with Gasteiger partial charge < -0.3 is 9.88 Å². The predicted octanol–water partition coefficient (Wildman–Crippen LogP) is 0.919. The van der Waals surface area contributed by atoms with E-state index in [4.69, 9.17) is 0 Å². The highest BCUT2D eigenvalue weighted by Gasteiger charge is 2.34. The first kappa shape index (κ1) is 17.5. The molecule has 0 spiro atoms. The van der Waals surface area contributed by atoms with Crippen molar-refractivity contribution in [3.05, 3.63) is 33.9 Å². The van der Waals surface area contributed by atoms with E-state index in [2.05, 4.69) is 20.1 Å². The lowest BCUT2D eigenvalue weighted by molar-refractivity contribution is -0.380. The average molecular weight is 398 g/mol. The van der Waals surface area contributed by atoms with Crippen molar-refractivity contribution in [3.8, 4) is 0 Å². The van der Waals surface area contributed by atoms with Crippen molar-refractivity contribution in [1.82, 2.24) is 24.4 Å². The molecule has 0 amide bonds. The molecule has 4 rings (SSSR count). The van der Waals surface area contributed by atoms with Crippen LogP contribution in [0.15, 0.2) is 16.3 Å². The van der Waals surface area contributed by atoms with Gasteiger partial charge in [-0.15, -0.1) is 10.2 Å². The van der Waals surface area contributed by atoms with E-state index in [1.54, 1.807) is 0 Å². The van der Waals surface area contributed by atoms with E-state index in [9.17, 15) is 18.5 Å². The number of rotatable bonds is 4. The third-order valence-electron chi connectivity index (χ3n) is 4.81. The normalized spacial score (nSPS) is 19.4. The molecule has 0 bridgehead atoms. The van der Waals surface area contributed by atoms with E-state index in [0.29, 0.717) is 43.8 Å². The lowest BCUT2D eigenvalue weighted by Crippen LogP contribution is -2.38. The minimum absolute atomic E-state index is 0.0218. The fraction of sp³-hybridized carbons (Fsp3) is 0.571. The van der Waals surface area contributed by atoms with E-state index in [1.165, 1.54) is 16.4 Å². The number of hydrogen-bond acceptors (Lipinski definition) is 8. The first-order chi connectivity index (χ1) is 12.5. The number of thiophene rings is 1. The zero-order valence-corrected chi connectivity index (χ0v) is 15.5. The largest absolute Gasteiger partial charge is 0.325 e. The molecular weight excluding hydrogens is 380 g/mol. The van der Waals surface area contributed by atoms with Crippen molar-refractivity contribution < 1.29 is 13.3 Å². The third kappa shape index (κ3) is 3.02. The van der Waals surface area contributed by atoms with E-state index < -0.39 is 14.9 Å². The molecule has 2 aliphatic heterocycles. The van der Waals surface area contributed by atoms with Crippen molar-refractivity contribution in [2.45, 2.75) is 36.1 Å². The molecule has 2 aliphatic rings. The highest BCUT2D eigenvalue weighted by Crippen LogP contribution is 2.34. The van der Waals surface area contributed by atoms with Gasteiger partial charge in [-0.2, -0.15) is 4.31 Å². The van der Waals surface area contributed by atoms with Gasteiger partial charge in [0.25, 0.3) is 10.0 Å². The lowest BCUT2D eigenvalue weighted by Gasteiger charge is -2.31. The second-order valence-electron chi connectivity index (χ2n) is 6.33. The molecule has 4 heterocycles. The monoisotopic (exact) mass is 398 g/mol. The molecule has 2 aromatic heterocycles. The molecular formula is C14H18N6O4S2. The van der Waals surface area contributed by atoms with Crippen LogP contribution < -0.4 is 5.32 Å². The summed E-state index contributed by atoms with van der Waals surface area (Å²) in [5, 5.41) is 22.4. The highest BCUT2D eigenvalue weighted by atomic mass is 32.2. The summed E-state index contributed by atoms with van der Waals surface area (Å²) < 4.78 is 29.0. The fourth-order valence-corrected chi connectivity index (χ4v) is 6.18. The van der Waals surface area contributed by atoms with Crippen LogP contribution in [0, 0.1) is 10.1 Å². The van der Waals surface area contributed by atoms with Crippen LogP contribution in [0.5, 0.6) is 0 Å². The summed E-state index contributed by atoms with van der Waals surface area (Å²) in [6.07, 6.45) is 1.33. The summed E-state index contributed by atoms with van der Waals surface area (Å²) in [5.74, 6) is 2.04. The van der Waals surface area contributed by atoms with Crippen molar-refractivity contribution in [2.75, 3.05) is 19.6 Å². The quantitative estimate of drug-likeness (QED) is 0.600.